The molecular weight excluding hydrogens is 442 g/mol. The Morgan fingerprint density at radius 2 is 2.00 bits per heavy atom. The van der Waals surface area contributed by atoms with E-state index < -0.39 is 36.0 Å². The smallest absolute Gasteiger partial charge is 0.379 e. The Morgan fingerprint density at radius 3 is 2.75 bits per heavy atom. The van der Waals surface area contributed by atoms with Crippen LogP contribution < -0.4 is 5.32 Å². The van der Waals surface area contributed by atoms with Gasteiger partial charge in [0, 0.05) is 27.4 Å². The number of hydrogen-bond donors (Lipinski definition) is 2. The minimum Gasteiger partial charge on any atom is -0.379 e. The van der Waals surface area contributed by atoms with E-state index in [1.54, 1.807) is 30.8 Å². The van der Waals surface area contributed by atoms with E-state index >= 15 is 0 Å². The number of aryl methyl sites for hydroxylation is 1. The van der Waals surface area contributed by atoms with Crippen molar-refractivity contribution in [3.8, 4) is 0 Å². The maximum Gasteiger partial charge on any atom is 0.419 e. The van der Waals surface area contributed by atoms with Gasteiger partial charge < -0.3 is 10.4 Å². The molecule has 2 aliphatic rings. The van der Waals surface area contributed by atoms with Crippen molar-refractivity contribution in [3.63, 3.8) is 0 Å². The lowest BCUT2D eigenvalue weighted by Gasteiger charge is -2.48. The number of aromatic nitrogens is 2. The first-order valence-electron chi connectivity index (χ1n) is 10.4. The van der Waals surface area contributed by atoms with Crippen molar-refractivity contribution in [1.29, 1.82) is 0 Å². The Balaban J connectivity index is 1.69. The summed E-state index contributed by atoms with van der Waals surface area (Å²) in [4.78, 5) is 9.13. The van der Waals surface area contributed by atoms with Crippen LogP contribution in [0, 0.1) is 12.7 Å². The lowest BCUT2D eigenvalue weighted by Crippen LogP contribution is -2.56. The zero-order chi connectivity index (χ0) is 22.8. The number of thioether (sulfide) groups is 1. The van der Waals surface area contributed by atoms with Crippen molar-refractivity contribution in [2.24, 2.45) is 0 Å². The summed E-state index contributed by atoms with van der Waals surface area (Å²) < 4.78 is 57.4. The van der Waals surface area contributed by atoms with Gasteiger partial charge in [-0.25, -0.2) is 14.4 Å². The second-order valence-electron chi connectivity index (χ2n) is 8.60. The minimum absolute atomic E-state index is 0.0196. The van der Waals surface area contributed by atoms with Crippen LogP contribution in [0.4, 0.5) is 23.2 Å². The number of hydrogen-bond acceptors (Lipinski definition) is 5. The zero-order valence-corrected chi connectivity index (χ0v) is 18.2. The molecule has 3 aromatic rings. The lowest BCUT2D eigenvalue weighted by atomic mass is 9.69. The molecule has 0 radical (unpaired) electrons. The zero-order valence-electron chi connectivity index (χ0n) is 17.4. The SMILES string of the molecule is Cc1ncc2c(NC3c4cccc5c4C(CC(C)S5)CC3(O)C(F)(F)F)ccc(F)c2n1. The van der Waals surface area contributed by atoms with Crippen LogP contribution >= 0.6 is 11.8 Å². The van der Waals surface area contributed by atoms with E-state index in [9.17, 15) is 22.7 Å². The van der Waals surface area contributed by atoms with Crippen molar-refractivity contribution in [1.82, 2.24) is 9.97 Å². The van der Waals surface area contributed by atoms with E-state index in [2.05, 4.69) is 15.3 Å². The Morgan fingerprint density at radius 1 is 1.22 bits per heavy atom. The van der Waals surface area contributed by atoms with Crippen LogP contribution in [0.5, 0.6) is 0 Å². The number of rotatable bonds is 2. The quantitative estimate of drug-likeness (QED) is 0.464. The molecule has 4 unspecified atom stereocenters. The predicted octanol–water partition coefficient (Wildman–Crippen LogP) is 5.90. The van der Waals surface area contributed by atoms with Gasteiger partial charge in [0.1, 0.15) is 17.2 Å². The maximum absolute atomic E-state index is 14.3. The second kappa shape index (κ2) is 7.31. The van der Waals surface area contributed by atoms with Crippen LogP contribution in [-0.2, 0) is 0 Å². The summed E-state index contributed by atoms with van der Waals surface area (Å²) in [7, 11) is 0. The summed E-state index contributed by atoms with van der Waals surface area (Å²) in [5, 5.41) is 14.5. The first kappa shape index (κ1) is 21.5. The number of nitrogens with one attached hydrogen (secondary N) is 1. The van der Waals surface area contributed by atoms with Gasteiger partial charge in [-0.15, -0.1) is 11.8 Å². The predicted molar refractivity (Wildman–Crippen MR) is 115 cm³/mol. The summed E-state index contributed by atoms with van der Waals surface area (Å²) in [6.45, 7) is 3.60. The molecule has 0 saturated heterocycles. The molecule has 0 bridgehead atoms. The molecule has 1 aromatic heterocycles. The molecule has 1 aliphatic heterocycles. The highest BCUT2D eigenvalue weighted by Crippen LogP contribution is 2.57. The largest absolute Gasteiger partial charge is 0.419 e. The van der Waals surface area contributed by atoms with E-state index in [0.29, 0.717) is 17.8 Å². The molecule has 9 heteroatoms. The normalized spacial score (nSPS) is 27.3. The summed E-state index contributed by atoms with van der Waals surface area (Å²) in [5.74, 6) is -0.629. The van der Waals surface area contributed by atoms with Crippen LogP contribution in [-0.4, -0.2) is 32.1 Å². The number of halogens is 4. The average Bonchev–Trinajstić information content (AvgIpc) is 2.71. The van der Waals surface area contributed by atoms with Gasteiger partial charge in [0.05, 0.1) is 6.04 Å². The number of anilines is 1. The summed E-state index contributed by atoms with van der Waals surface area (Å²) in [6, 6.07) is 6.35. The third-order valence-corrected chi connectivity index (χ3v) is 7.62. The van der Waals surface area contributed by atoms with Crippen LogP contribution in [0.3, 0.4) is 0 Å². The highest BCUT2D eigenvalue weighted by atomic mass is 32.2. The average molecular weight is 464 g/mol. The van der Waals surface area contributed by atoms with E-state index in [4.69, 9.17) is 0 Å². The van der Waals surface area contributed by atoms with Crippen LogP contribution in [0.2, 0.25) is 0 Å². The Labute approximate surface area is 186 Å². The lowest BCUT2D eigenvalue weighted by molar-refractivity contribution is -0.273. The van der Waals surface area contributed by atoms with Crippen LogP contribution in [0.15, 0.2) is 41.4 Å². The first-order valence-corrected chi connectivity index (χ1v) is 11.2. The number of fused-ring (bicyclic) bond motifs is 1. The molecule has 2 heterocycles. The fraction of sp³-hybridized carbons (Fsp3) is 0.391. The molecule has 0 amide bonds. The van der Waals surface area contributed by atoms with Crippen molar-refractivity contribution in [2.45, 2.75) is 60.6 Å². The Hall–Kier alpha value is -2.39. The fourth-order valence-corrected chi connectivity index (χ4v) is 6.33. The minimum atomic E-state index is -4.87. The highest BCUT2D eigenvalue weighted by molar-refractivity contribution is 8.00. The van der Waals surface area contributed by atoms with E-state index in [-0.39, 0.29) is 21.8 Å². The Bertz CT molecular complexity index is 1220. The van der Waals surface area contributed by atoms with E-state index in [1.807, 2.05) is 13.0 Å². The van der Waals surface area contributed by atoms with E-state index in [1.165, 1.54) is 12.3 Å². The molecule has 0 spiro atoms. The fourth-order valence-electron chi connectivity index (χ4n) is 5.00. The standard InChI is InChI=1S/C23H21F4N3OS/c1-11-8-13-9-22(31,23(25,26)27)21(14-4-3-5-18(32-11)19(13)14)30-17-7-6-16(24)20-15(17)10-28-12(2)29-20/h3-7,10-11,13,21,30-31H,8-9H2,1-2H3. The van der Waals surface area contributed by atoms with Gasteiger partial charge in [-0.2, -0.15) is 13.2 Å². The molecule has 2 aromatic carbocycles. The Kier molecular flexibility index (Phi) is 4.90. The second-order valence-corrected chi connectivity index (χ2v) is 10.1. The van der Waals surface area contributed by atoms with Crippen LogP contribution in [0.1, 0.15) is 48.7 Å². The molecule has 5 rings (SSSR count). The topological polar surface area (TPSA) is 58.0 Å². The van der Waals surface area contributed by atoms with Crippen molar-refractivity contribution < 1.29 is 22.7 Å². The van der Waals surface area contributed by atoms with Crippen molar-refractivity contribution in [3.05, 3.63) is 59.3 Å². The van der Waals surface area contributed by atoms with Gasteiger partial charge >= 0.3 is 6.18 Å². The summed E-state index contributed by atoms with van der Waals surface area (Å²) in [5.41, 5.74) is -1.45. The van der Waals surface area contributed by atoms with Crippen LogP contribution in [0.25, 0.3) is 10.9 Å². The maximum atomic E-state index is 14.3. The number of alkyl halides is 3. The molecule has 0 saturated carbocycles. The number of aliphatic hydroxyl groups is 1. The monoisotopic (exact) mass is 463 g/mol. The van der Waals surface area contributed by atoms with Gasteiger partial charge in [-0.1, -0.05) is 19.1 Å². The molecule has 1 aliphatic carbocycles. The first-order chi connectivity index (χ1) is 15.1. The van der Waals surface area contributed by atoms with Gasteiger partial charge in [-0.3, -0.25) is 0 Å². The molecule has 2 N–H and O–H groups in total. The van der Waals surface area contributed by atoms with E-state index in [0.717, 1.165) is 16.5 Å². The van der Waals surface area contributed by atoms with Gasteiger partial charge in [-0.05, 0) is 55.0 Å². The summed E-state index contributed by atoms with van der Waals surface area (Å²) >= 11 is 1.64. The van der Waals surface area contributed by atoms with Gasteiger partial charge in [0.25, 0.3) is 0 Å². The van der Waals surface area contributed by atoms with Gasteiger partial charge in [0.2, 0.25) is 0 Å². The number of nitrogens with zero attached hydrogens (tertiary/aromatic N) is 2. The van der Waals surface area contributed by atoms with Crippen molar-refractivity contribution in [2.75, 3.05) is 5.32 Å². The third-order valence-electron chi connectivity index (χ3n) is 6.41. The van der Waals surface area contributed by atoms with Gasteiger partial charge in [0.15, 0.2) is 5.60 Å². The molecule has 168 valence electrons. The molecule has 0 fully saturated rings. The molecular formula is C23H21F4N3OS. The summed E-state index contributed by atoms with van der Waals surface area (Å²) in [6.07, 6.45) is -3.35. The molecule has 4 atom stereocenters. The molecule has 32 heavy (non-hydrogen) atoms. The highest BCUT2D eigenvalue weighted by Gasteiger charge is 2.62. The molecule has 4 nitrogen and oxygen atoms in total. The van der Waals surface area contributed by atoms with Crippen molar-refractivity contribution >= 4 is 28.4 Å². The number of benzene rings is 2. The third kappa shape index (κ3) is 3.25.